The van der Waals surface area contributed by atoms with Gasteiger partial charge < -0.3 is 9.64 Å². The van der Waals surface area contributed by atoms with E-state index in [0.29, 0.717) is 11.3 Å². The minimum atomic E-state index is -0.170. The summed E-state index contributed by atoms with van der Waals surface area (Å²) in [5, 5.41) is 0.844. The van der Waals surface area contributed by atoms with E-state index in [0.717, 1.165) is 15.4 Å². The van der Waals surface area contributed by atoms with Gasteiger partial charge in [0.05, 0.1) is 5.52 Å². The van der Waals surface area contributed by atoms with Gasteiger partial charge in [-0.15, -0.1) is 0 Å². The third-order valence-corrected chi connectivity index (χ3v) is 4.01. The summed E-state index contributed by atoms with van der Waals surface area (Å²) >= 11 is 3.44. The molecule has 1 aromatic heterocycles. The maximum absolute atomic E-state index is 12.8. The standard InChI is InChI=1S/C20H17BrN2O2/c1-23(2)13-19(20(24)14-6-4-3-5-7-14)25-18-10-11-22-17-12-15(21)8-9-16(17)18/h3-13H,1-2H3/b19-13+. The molecule has 0 bridgehead atoms. The third-order valence-electron chi connectivity index (χ3n) is 3.52. The Balaban J connectivity index is 2.01. The average molecular weight is 397 g/mol. The van der Waals surface area contributed by atoms with E-state index in [2.05, 4.69) is 20.9 Å². The number of ether oxygens (including phenoxy) is 1. The molecule has 0 fully saturated rings. The molecule has 5 heteroatoms. The van der Waals surface area contributed by atoms with Gasteiger partial charge in [-0.1, -0.05) is 46.3 Å². The first-order valence-electron chi connectivity index (χ1n) is 7.75. The van der Waals surface area contributed by atoms with E-state index in [-0.39, 0.29) is 11.5 Å². The number of carbonyl (C=O) groups excluding carboxylic acids is 1. The van der Waals surface area contributed by atoms with Crippen molar-refractivity contribution in [2.24, 2.45) is 0 Å². The molecule has 1 heterocycles. The van der Waals surface area contributed by atoms with E-state index in [1.54, 1.807) is 35.5 Å². The minimum Gasteiger partial charge on any atom is -0.451 e. The molecule has 2 aromatic carbocycles. The zero-order valence-electron chi connectivity index (χ0n) is 13.9. The van der Waals surface area contributed by atoms with Gasteiger partial charge in [0.25, 0.3) is 0 Å². The summed E-state index contributed by atoms with van der Waals surface area (Å²) in [5.41, 5.74) is 1.37. The summed E-state index contributed by atoms with van der Waals surface area (Å²) in [7, 11) is 3.70. The first-order chi connectivity index (χ1) is 12.0. The van der Waals surface area contributed by atoms with E-state index < -0.39 is 0 Å². The molecule has 0 aliphatic heterocycles. The van der Waals surface area contributed by atoms with Crippen LogP contribution in [0.3, 0.4) is 0 Å². The molecule has 0 saturated heterocycles. The van der Waals surface area contributed by atoms with Crippen LogP contribution in [-0.4, -0.2) is 29.8 Å². The van der Waals surface area contributed by atoms with Crippen molar-refractivity contribution in [1.82, 2.24) is 9.88 Å². The molecule has 3 rings (SSSR count). The predicted molar refractivity (Wildman–Crippen MR) is 103 cm³/mol. The van der Waals surface area contributed by atoms with Crippen LogP contribution in [0.1, 0.15) is 10.4 Å². The van der Waals surface area contributed by atoms with Crippen molar-refractivity contribution in [3.8, 4) is 5.75 Å². The summed E-state index contributed by atoms with van der Waals surface area (Å²) in [6.45, 7) is 0. The van der Waals surface area contributed by atoms with Crippen LogP contribution in [0, 0.1) is 0 Å². The molecule has 3 aromatic rings. The van der Waals surface area contributed by atoms with Gasteiger partial charge in [-0.2, -0.15) is 0 Å². The molecular formula is C20H17BrN2O2. The average Bonchev–Trinajstić information content (AvgIpc) is 2.61. The number of hydrogen-bond donors (Lipinski definition) is 0. The largest absolute Gasteiger partial charge is 0.451 e. The quantitative estimate of drug-likeness (QED) is 0.357. The van der Waals surface area contributed by atoms with E-state index >= 15 is 0 Å². The predicted octanol–water partition coefficient (Wildman–Crippen LogP) is 4.66. The number of Topliss-reactive ketones (excluding diaryl/α,β-unsaturated/α-hetero) is 1. The van der Waals surface area contributed by atoms with Crippen molar-refractivity contribution in [3.05, 3.63) is 82.8 Å². The maximum Gasteiger partial charge on any atom is 0.229 e. The van der Waals surface area contributed by atoms with Crippen molar-refractivity contribution in [1.29, 1.82) is 0 Å². The number of carbonyl (C=O) groups is 1. The summed E-state index contributed by atoms with van der Waals surface area (Å²) in [4.78, 5) is 19.0. The van der Waals surface area contributed by atoms with Gasteiger partial charge >= 0.3 is 0 Å². The van der Waals surface area contributed by atoms with Crippen LogP contribution in [0.4, 0.5) is 0 Å². The molecule has 0 aliphatic rings. The Morgan fingerprint density at radius 2 is 1.88 bits per heavy atom. The zero-order chi connectivity index (χ0) is 17.8. The second-order valence-corrected chi connectivity index (χ2v) is 6.64. The summed E-state index contributed by atoms with van der Waals surface area (Å²) in [5.74, 6) is 0.679. The van der Waals surface area contributed by atoms with Crippen molar-refractivity contribution in [3.63, 3.8) is 0 Å². The first kappa shape index (κ1) is 17.2. The molecule has 0 N–H and O–H groups in total. The lowest BCUT2D eigenvalue weighted by Gasteiger charge is -2.14. The van der Waals surface area contributed by atoms with Crippen LogP contribution in [-0.2, 0) is 0 Å². The number of pyridine rings is 1. The van der Waals surface area contributed by atoms with Crippen LogP contribution in [0.2, 0.25) is 0 Å². The first-order valence-corrected chi connectivity index (χ1v) is 8.54. The van der Waals surface area contributed by atoms with Gasteiger partial charge in [-0.3, -0.25) is 9.78 Å². The molecule has 0 atom stereocenters. The second-order valence-electron chi connectivity index (χ2n) is 5.72. The van der Waals surface area contributed by atoms with Crippen LogP contribution in [0.5, 0.6) is 5.75 Å². The van der Waals surface area contributed by atoms with Crippen molar-refractivity contribution in [2.45, 2.75) is 0 Å². The normalized spacial score (nSPS) is 11.4. The molecule has 0 spiro atoms. The van der Waals surface area contributed by atoms with Gasteiger partial charge in [0.1, 0.15) is 5.75 Å². The highest BCUT2D eigenvalue weighted by Crippen LogP contribution is 2.28. The summed E-state index contributed by atoms with van der Waals surface area (Å²) < 4.78 is 6.95. The van der Waals surface area contributed by atoms with Crippen LogP contribution >= 0.6 is 15.9 Å². The van der Waals surface area contributed by atoms with Crippen LogP contribution in [0.25, 0.3) is 10.9 Å². The number of benzene rings is 2. The lowest BCUT2D eigenvalue weighted by atomic mass is 10.1. The number of hydrogen-bond acceptors (Lipinski definition) is 4. The molecule has 4 nitrogen and oxygen atoms in total. The fourth-order valence-corrected chi connectivity index (χ4v) is 2.75. The number of aromatic nitrogens is 1. The fraction of sp³-hybridized carbons (Fsp3) is 0.100. The Bertz CT molecular complexity index is 937. The van der Waals surface area contributed by atoms with Crippen molar-refractivity contribution >= 4 is 32.6 Å². The number of rotatable bonds is 5. The van der Waals surface area contributed by atoms with Gasteiger partial charge in [0.15, 0.2) is 5.76 Å². The molecule has 0 amide bonds. The van der Waals surface area contributed by atoms with E-state index in [1.165, 1.54) is 0 Å². The smallest absolute Gasteiger partial charge is 0.229 e. The van der Waals surface area contributed by atoms with Gasteiger partial charge in [-0.05, 0) is 24.3 Å². The Kier molecular flexibility index (Phi) is 5.14. The van der Waals surface area contributed by atoms with Crippen molar-refractivity contribution < 1.29 is 9.53 Å². The highest BCUT2D eigenvalue weighted by atomic mass is 79.9. The number of fused-ring (bicyclic) bond motifs is 1. The fourth-order valence-electron chi connectivity index (χ4n) is 2.40. The molecule has 0 aliphatic carbocycles. The Labute approximate surface area is 154 Å². The molecule has 25 heavy (non-hydrogen) atoms. The SMILES string of the molecule is CN(C)/C=C(/Oc1ccnc2cc(Br)ccc12)C(=O)c1ccccc1. The summed E-state index contributed by atoms with van der Waals surface area (Å²) in [6, 6.07) is 16.6. The monoisotopic (exact) mass is 396 g/mol. The molecule has 0 unspecified atom stereocenters. The topological polar surface area (TPSA) is 42.4 Å². The maximum atomic E-state index is 12.8. The lowest BCUT2D eigenvalue weighted by Crippen LogP contribution is -2.14. The molecule has 0 radical (unpaired) electrons. The van der Waals surface area contributed by atoms with Gasteiger partial charge in [-0.25, -0.2) is 0 Å². The van der Waals surface area contributed by atoms with Crippen LogP contribution in [0.15, 0.2) is 77.2 Å². The van der Waals surface area contributed by atoms with Crippen molar-refractivity contribution in [2.75, 3.05) is 14.1 Å². The zero-order valence-corrected chi connectivity index (χ0v) is 15.5. The van der Waals surface area contributed by atoms with Crippen LogP contribution < -0.4 is 4.74 Å². The summed E-state index contributed by atoms with van der Waals surface area (Å²) in [6.07, 6.45) is 3.35. The molecule has 0 saturated carbocycles. The number of allylic oxidation sites excluding steroid dienone is 1. The lowest BCUT2D eigenvalue weighted by molar-refractivity contribution is 0.0983. The Morgan fingerprint density at radius 1 is 1.12 bits per heavy atom. The van der Waals surface area contributed by atoms with E-state index in [4.69, 9.17) is 4.74 Å². The van der Waals surface area contributed by atoms with E-state index in [1.807, 2.05) is 50.5 Å². The second kappa shape index (κ2) is 7.49. The number of ketones is 1. The highest BCUT2D eigenvalue weighted by Gasteiger charge is 2.16. The third kappa shape index (κ3) is 4.06. The van der Waals surface area contributed by atoms with E-state index in [9.17, 15) is 4.79 Å². The Morgan fingerprint density at radius 3 is 2.60 bits per heavy atom. The molecule has 126 valence electrons. The molecular weight excluding hydrogens is 380 g/mol. The van der Waals surface area contributed by atoms with Gasteiger partial charge in [0.2, 0.25) is 5.78 Å². The minimum absolute atomic E-state index is 0.170. The van der Waals surface area contributed by atoms with Gasteiger partial charge in [0, 0.05) is 41.9 Å². The highest BCUT2D eigenvalue weighted by molar-refractivity contribution is 9.10. The number of halogens is 1. The number of nitrogens with zero attached hydrogens (tertiary/aromatic N) is 2. The Hall–Kier alpha value is -2.66.